The molecule has 1 fully saturated rings. The van der Waals surface area contributed by atoms with Gasteiger partial charge >= 0.3 is 6.09 Å². The van der Waals surface area contributed by atoms with E-state index in [0.717, 1.165) is 18.4 Å². The highest BCUT2D eigenvalue weighted by molar-refractivity contribution is 5.67. The van der Waals surface area contributed by atoms with E-state index >= 15 is 0 Å². The van der Waals surface area contributed by atoms with Crippen molar-refractivity contribution in [3.63, 3.8) is 0 Å². The van der Waals surface area contributed by atoms with Gasteiger partial charge in [0.25, 0.3) is 6.47 Å². The first-order valence-corrected chi connectivity index (χ1v) is 5.86. The van der Waals surface area contributed by atoms with Crippen LogP contribution in [0, 0.1) is 0 Å². The molecule has 0 saturated heterocycles. The molecule has 1 saturated carbocycles. The van der Waals surface area contributed by atoms with Crippen LogP contribution in [0.1, 0.15) is 18.4 Å². The monoisotopic (exact) mass is 249 g/mol. The van der Waals surface area contributed by atoms with E-state index in [-0.39, 0.29) is 18.8 Å². The van der Waals surface area contributed by atoms with Crippen molar-refractivity contribution in [1.82, 2.24) is 5.32 Å². The molecule has 0 bridgehead atoms. The number of alkyl carbamates (subject to hydrolysis) is 1. The van der Waals surface area contributed by atoms with Crippen molar-refractivity contribution in [2.24, 2.45) is 0 Å². The number of carbonyl (C=O) groups is 2. The molecule has 0 aliphatic heterocycles. The molecule has 18 heavy (non-hydrogen) atoms. The maximum absolute atomic E-state index is 11.5. The second kappa shape index (κ2) is 6.05. The predicted molar refractivity (Wildman–Crippen MR) is 63.7 cm³/mol. The van der Waals surface area contributed by atoms with E-state index in [2.05, 4.69) is 5.32 Å². The van der Waals surface area contributed by atoms with Crippen LogP contribution in [-0.4, -0.2) is 24.7 Å². The normalized spacial score (nSPS) is 21.6. The van der Waals surface area contributed by atoms with Gasteiger partial charge in [-0.25, -0.2) is 4.79 Å². The minimum Gasteiger partial charge on any atom is -0.462 e. The Labute approximate surface area is 105 Å². The van der Waals surface area contributed by atoms with Crippen LogP contribution in [0.4, 0.5) is 4.79 Å². The number of hydrogen-bond acceptors (Lipinski definition) is 4. The first-order chi connectivity index (χ1) is 8.79. The minimum absolute atomic E-state index is 0.126. The van der Waals surface area contributed by atoms with Crippen LogP contribution in [-0.2, 0) is 20.9 Å². The molecular weight excluding hydrogens is 234 g/mol. The first-order valence-electron chi connectivity index (χ1n) is 5.86. The summed E-state index contributed by atoms with van der Waals surface area (Å²) < 4.78 is 9.87. The van der Waals surface area contributed by atoms with Gasteiger partial charge in [-0.1, -0.05) is 30.3 Å². The maximum Gasteiger partial charge on any atom is 0.407 e. The SMILES string of the molecule is O=COC1CCC1NC(=O)OCc1ccccc1. The summed E-state index contributed by atoms with van der Waals surface area (Å²) in [7, 11) is 0. The summed E-state index contributed by atoms with van der Waals surface area (Å²) in [5, 5.41) is 2.68. The molecule has 0 heterocycles. The molecule has 1 aliphatic rings. The molecule has 1 aromatic carbocycles. The fourth-order valence-electron chi connectivity index (χ4n) is 1.78. The van der Waals surface area contributed by atoms with Crippen molar-refractivity contribution in [1.29, 1.82) is 0 Å². The summed E-state index contributed by atoms with van der Waals surface area (Å²) in [5.41, 5.74) is 0.932. The second-order valence-corrected chi connectivity index (χ2v) is 4.16. The Morgan fingerprint density at radius 3 is 2.72 bits per heavy atom. The number of ether oxygens (including phenoxy) is 2. The van der Waals surface area contributed by atoms with Crippen LogP contribution >= 0.6 is 0 Å². The minimum atomic E-state index is -0.483. The largest absolute Gasteiger partial charge is 0.462 e. The Balaban J connectivity index is 1.71. The molecular formula is C13H15NO4. The predicted octanol–water partition coefficient (Wildman–Crippen LogP) is 1.62. The summed E-state index contributed by atoms with van der Waals surface area (Å²) in [5.74, 6) is 0. The molecule has 2 unspecified atom stereocenters. The molecule has 1 aliphatic carbocycles. The Bertz CT molecular complexity index is 407. The number of rotatable bonds is 5. The van der Waals surface area contributed by atoms with Gasteiger partial charge in [0.05, 0.1) is 6.04 Å². The molecule has 5 heteroatoms. The third kappa shape index (κ3) is 3.23. The highest BCUT2D eigenvalue weighted by Crippen LogP contribution is 2.22. The van der Waals surface area contributed by atoms with E-state index in [1.54, 1.807) is 0 Å². The zero-order chi connectivity index (χ0) is 12.8. The highest BCUT2D eigenvalue weighted by Gasteiger charge is 2.34. The van der Waals surface area contributed by atoms with Gasteiger partial charge in [-0.05, 0) is 18.4 Å². The van der Waals surface area contributed by atoms with Crippen molar-refractivity contribution < 1.29 is 19.1 Å². The van der Waals surface area contributed by atoms with Crippen molar-refractivity contribution in [2.75, 3.05) is 0 Å². The van der Waals surface area contributed by atoms with E-state index in [1.807, 2.05) is 30.3 Å². The van der Waals surface area contributed by atoms with Crippen LogP contribution < -0.4 is 5.32 Å². The molecule has 2 rings (SSSR count). The van der Waals surface area contributed by atoms with E-state index < -0.39 is 6.09 Å². The standard InChI is InChI=1S/C13H15NO4/c15-9-18-12-7-6-11(12)14-13(16)17-8-10-4-2-1-3-5-10/h1-5,9,11-12H,6-8H2,(H,14,16). The summed E-state index contributed by atoms with van der Waals surface area (Å²) in [6, 6.07) is 9.31. The summed E-state index contributed by atoms with van der Waals surface area (Å²) >= 11 is 0. The van der Waals surface area contributed by atoms with Gasteiger partial charge in [0.15, 0.2) is 0 Å². The smallest absolute Gasteiger partial charge is 0.407 e. The van der Waals surface area contributed by atoms with Gasteiger partial charge in [-0.3, -0.25) is 4.79 Å². The van der Waals surface area contributed by atoms with Crippen LogP contribution in [0.5, 0.6) is 0 Å². The molecule has 0 radical (unpaired) electrons. The number of amides is 1. The van der Waals surface area contributed by atoms with Gasteiger partial charge in [0.1, 0.15) is 12.7 Å². The molecule has 2 atom stereocenters. The molecule has 1 N–H and O–H groups in total. The first kappa shape index (κ1) is 12.4. The van der Waals surface area contributed by atoms with Crippen LogP contribution in [0.15, 0.2) is 30.3 Å². The quantitative estimate of drug-likeness (QED) is 0.805. The van der Waals surface area contributed by atoms with Gasteiger partial charge in [-0.15, -0.1) is 0 Å². The molecule has 96 valence electrons. The lowest BCUT2D eigenvalue weighted by Gasteiger charge is -2.34. The summed E-state index contributed by atoms with van der Waals surface area (Å²) in [6.45, 7) is 0.645. The zero-order valence-electron chi connectivity index (χ0n) is 9.87. The van der Waals surface area contributed by atoms with E-state index in [1.165, 1.54) is 0 Å². The van der Waals surface area contributed by atoms with Crippen LogP contribution in [0.25, 0.3) is 0 Å². The van der Waals surface area contributed by atoms with Gasteiger partial charge in [0.2, 0.25) is 0 Å². The average Bonchev–Trinajstić information content (AvgIpc) is 2.40. The molecule has 1 amide bonds. The molecule has 0 spiro atoms. The van der Waals surface area contributed by atoms with E-state index in [4.69, 9.17) is 9.47 Å². The number of hydrogen-bond donors (Lipinski definition) is 1. The van der Waals surface area contributed by atoms with E-state index in [0.29, 0.717) is 6.47 Å². The Kier molecular flexibility index (Phi) is 4.17. The second-order valence-electron chi connectivity index (χ2n) is 4.16. The lowest BCUT2D eigenvalue weighted by atomic mass is 9.89. The Hall–Kier alpha value is -2.04. The molecule has 5 nitrogen and oxygen atoms in total. The fourth-order valence-corrected chi connectivity index (χ4v) is 1.78. The lowest BCUT2D eigenvalue weighted by molar-refractivity contribution is -0.139. The van der Waals surface area contributed by atoms with Crippen molar-refractivity contribution in [3.05, 3.63) is 35.9 Å². The van der Waals surface area contributed by atoms with Crippen LogP contribution in [0.2, 0.25) is 0 Å². The van der Waals surface area contributed by atoms with Crippen LogP contribution in [0.3, 0.4) is 0 Å². The van der Waals surface area contributed by atoms with Crippen molar-refractivity contribution in [3.8, 4) is 0 Å². The maximum atomic E-state index is 11.5. The van der Waals surface area contributed by atoms with Crippen molar-refractivity contribution >= 4 is 12.6 Å². The van der Waals surface area contributed by atoms with Gasteiger partial charge < -0.3 is 14.8 Å². The fraction of sp³-hybridized carbons (Fsp3) is 0.385. The third-order valence-corrected chi connectivity index (χ3v) is 2.96. The van der Waals surface area contributed by atoms with Crippen molar-refractivity contribution in [2.45, 2.75) is 31.6 Å². The third-order valence-electron chi connectivity index (χ3n) is 2.96. The number of benzene rings is 1. The lowest BCUT2D eigenvalue weighted by Crippen LogP contribution is -2.51. The average molecular weight is 249 g/mol. The van der Waals surface area contributed by atoms with Gasteiger partial charge in [-0.2, -0.15) is 0 Å². The van der Waals surface area contributed by atoms with Gasteiger partial charge in [0, 0.05) is 0 Å². The summed E-state index contributed by atoms with van der Waals surface area (Å²) in [4.78, 5) is 21.7. The summed E-state index contributed by atoms with van der Waals surface area (Å²) in [6.07, 6.45) is 0.885. The number of nitrogens with one attached hydrogen (secondary N) is 1. The Morgan fingerprint density at radius 1 is 1.33 bits per heavy atom. The molecule has 1 aromatic rings. The highest BCUT2D eigenvalue weighted by atomic mass is 16.6. The zero-order valence-corrected chi connectivity index (χ0v) is 9.87. The number of carbonyl (C=O) groups excluding carboxylic acids is 2. The molecule has 0 aromatic heterocycles. The van der Waals surface area contributed by atoms with E-state index in [9.17, 15) is 9.59 Å². The topological polar surface area (TPSA) is 64.6 Å². The Morgan fingerprint density at radius 2 is 2.11 bits per heavy atom.